The molecule has 0 rings (SSSR count). The summed E-state index contributed by atoms with van der Waals surface area (Å²) in [6.45, 7) is 14.1. The molecule has 1 unspecified atom stereocenters. The molecule has 0 N–H and O–H groups in total. The molecular weight excluding hydrogens is 328 g/mol. The van der Waals surface area contributed by atoms with Crippen molar-refractivity contribution in [3.63, 3.8) is 0 Å². The molecule has 0 spiro atoms. The summed E-state index contributed by atoms with van der Waals surface area (Å²) in [4.78, 5) is 0. The van der Waals surface area contributed by atoms with Gasteiger partial charge in [-0.1, -0.05) is 87.1 Å². The first-order chi connectivity index (χ1) is 3.91. The minimum Gasteiger partial charge on any atom is -0.295 e. The average molecular weight is 373 g/mol. The molecule has 0 bridgehead atoms. The molecule has 0 aromatic carbocycles. The second-order valence-corrected chi connectivity index (χ2v) is 2.04. The summed E-state index contributed by atoms with van der Waals surface area (Å²) >= 11 is 2.03. The highest BCUT2D eigenvalue weighted by Gasteiger charge is 1.57. The standard InChI is InChI=1S/2C2H6.CHINP.8CH4/c2*1-2;1-3-4-2;;;;;;;;/h2*1-2H3;4H;8*1H4. The molecule has 0 saturated carbocycles. The van der Waals surface area contributed by atoms with Crippen molar-refractivity contribution in [3.05, 3.63) is 11.2 Å². The summed E-state index contributed by atoms with van der Waals surface area (Å²) in [5.74, 6) is 0. The van der Waals surface area contributed by atoms with E-state index in [1.165, 1.54) is 0 Å². The van der Waals surface area contributed by atoms with Gasteiger partial charge in [0.25, 0.3) is 0 Å². The Morgan fingerprint density at radius 1 is 0.688 bits per heavy atom. The molecule has 0 saturated heterocycles. The van der Waals surface area contributed by atoms with Crippen LogP contribution < -0.4 is 0 Å². The molecule has 0 aliphatic carbocycles. The maximum Gasteiger partial charge on any atom is 0.320 e. The van der Waals surface area contributed by atoms with Gasteiger partial charge >= 0.3 is 6.37 Å². The van der Waals surface area contributed by atoms with Crippen LogP contribution in [0.1, 0.15) is 87.1 Å². The van der Waals surface area contributed by atoms with Gasteiger partial charge in [0.1, 0.15) is 0 Å². The van der Waals surface area contributed by atoms with Crippen LogP contribution in [0, 0.1) is 6.57 Å². The number of nitrogens with zero attached hydrogens (tertiary/aromatic N) is 1. The number of hydrogen-bond donors (Lipinski definition) is 0. The number of rotatable bonds is 0. The molecule has 1 atom stereocenters. The van der Waals surface area contributed by atoms with E-state index >= 15 is 0 Å². The summed E-state index contributed by atoms with van der Waals surface area (Å²) in [6, 6.07) is 0. The minimum atomic E-state index is 0. The maximum atomic E-state index is 6.08. The van der Waals surface area contributed by atoms with E-state index in [-0.39, 0.29) is 59.4 Å². The molecule has 0 heterocycles. The SMILES string of the molecule is C.C.C.C.C.C.C.C.CC.CC.[C-]#[N+]PI. The van der Waals surface area contributed by atoms with Gasteiger partial charge in [-0.05, 0) is 0 Å². The molecule has 0 aromatic rings. The van der Waals surface area contributed by atoms with Crippen molar-refractivity contribution in [2.24, 2.45) is 0 Å². The molecule has 3 heteroatoms. The lowest BCUT2D eigenvalue weighted by Gasteiger charge is -1.46. The van der Waals surface area contributed by atoms with Crippen LogP contribution in [0.5, 0.6) is 0 Å². The van der Waals surface area contributed by atoms with Crippen molar-refractivity contribution in [2.75, 3.05) is 0 Å². The van der Waals surface area contributed by atoms with Crippen molar-refractivity contribution in [2.45, 2.75) is 87.1 Å². The third-order valence-electron chi connectivity index (χ3n) is 0.0423. The van der Waals surface area contributed by atoms with Crippen LogP contribution in [0.3, 0.4) is 0 Å². The van der Waals surface area contributed by atoms with E-state index < -0.39 is 0 Å². The van der Waals surface area contributed by atoms with Gasteiger partial charge in [0.05, 0.1) is 0 Å². The third-order valence-corrected chi connectivity index (χ3v) is 0.850. The Bertz CT molecular complexity index is 45.7. The largest absolute Gasteiger partial charge is 0.320 e. The molecule has 0 aliphatic rings. The average Bonchev–Trinajstić information content (AvgIpc) is 1.96. The fourth-order valence-electron chi connectivity index (χ4n) is 0. The van der Waals surface area contributed by atoms with Crippen LogP contribution in [-0.2, 0) is 0 Å². The lowest BCUT2D eigenvalue weighted by molar-refractivity contribution is 1.50. The summed E-state index contributed by atoms with van der Waals surface area (Å²) in [7, 11) is 0. The first-order valence-corrected chi connectivity index (χ1v) is 6.70. The quantitative estimate of drug-likeness (QED) is 0.227. The fraction of sp³-hybridized carbons (Fsp3) is 0.923. The van der Waals surface area contributed by atoms with E-state index in [1.807, 2.05) is 49.7 Å². The Morgan fingerprint density at radius 2 is 0.750 bits per heavy atom. The number of hydrogen-bond acceptors (Lipinski definition) is 0. The predicted molar refractivity (Wildman–Crippen MR) is 105 cm³/mol. The van der Waals surface area contributed by atoms with E-state index in [4.69, 9.17) is 6.57 Å². The van der Waals surface area contributed by atoms with Gasteiger partial charge in [0, 0.05) is 22.0 Å². The first-order valence-electron chi connectivity index (χ1n) is 2.64. The molecule has 16 heavy (non-hydrogen) atoms. The Labute approximate surface area is 126 Å². The lowest BCUT2D eigenvalue weighted by Crippen LogP contribution is -0.892. The van der Waals surface area contributed by atoms with Crippen molar-refractivity contribution >= 4 is 28.4 Å². The Balaban J connectivity index is -0.00000000218. The maximum absolute atomic E-state index is 6.08. The van der Waals surface area contributed by atoms with E-state index in [0.29, 0.717) is 6.37 Å². The van der Waals surface area contributed by atoms with Crippen molar-refractivity contribution < 1.29 is 0 Å². The van der Waals surface area contributed by atoms with Crippen molar-refractivity contribution in [1.82, 2.24) is 0 Å². The van der Waals surface area contributed by atoms with Crippen LogP contribution in [0.4, 0.5) is 0 Å². The highest BCUT2D eigenvalue weighted by Crippen LogP contribution is 2.20. The summed E-state index contributed by atoms with van der Waals surface area (Å²) in [5.41, 5.74) is 0. The second kappa shape index (κ2) is 478. The monoisotopic (exact) mass is 373 g/mol. The van der Waals surface area contributed by atoms with Crippen LogP contribution in [0.15, 0.2) is 0 Å². The smallest absolute Gasteiger partial charge is 0.295 e. The normalized spacial score (nSPS) is 2.75. The van der Waals surface area contributed by atoms with Crippen LogP contribution >= 0.6 is 28.4 Å². The van der Waals surface area contributed by atoms with E-state index in [0.717, 1.165) is 0 Å². The summed E-state index contributed by atoms with van der Waals surface area (Å²) < 4.78 is 3.00. The van der Waals surface area contributed by atoms with E-state index in [1.54, 1.807) is 0 Å². The second-order valence-electron chi connectivity index (χ2n) is 0.196. The molecule has 0 radical (unpaired) electrons. The van der Waals surface area contributed by atoms with Crippen molar-refractivity contribution in [1.29, 1.82) is 0 Å². The third kappa shape index (κ3) is 1000. The van der Waals surface area contributed by atoms with Crippen LogP contribution in [0.2, 0.25) is 0 Å². The van der Waals surface area contributed by atoms with Gasteiger partial charge in [-0.15, -0.1) is 0 Å². The zero-order valence-electron chi connectivity index (χ0n) is 5.83. The molecular formula is C13H45INP. The van der Waals surface area contributed by atoms with Gasteiger partial charge in [-0.3, -0.25) is 4.62 Å². The summed E-state index contributed by atoms with van der Waals surface area (Å²) in [6.07, 6.45) is 0.402. The van der Waals surface area contributed by atoms with Gasteiger partial charge in [0.2, 0.25) is 0 Å². The van der Waals surface area contributed by atoms with E-state index in [2.05, 4.69) is 4.62 Å². The highest BCUT2D eigenvalue weighted by molar-refractivity contribution is 14.2. The van der Waals surface area contributed by atoms with Gasteiger partial charge in [0.15, 0.2) is 0 Å². The molecule has 0 amide bonds. The Hall–Kier alpha value is 0.650. The van der Waals surface area contributed by atoms with Crippen molar-refractivity contribution in [3.8, 4) is 0 Å². The number of halogens is 1. The van der Waals surface area contributed by atoms with Crippen LogP contribution in [0.25, 0.3) is 4.62 Å². The zero-order valence-corrected chi connectivity index (χ0v) is 8.98. The van der Waals surface area contributed by atoms with Crippen LogP contribution in [-0.4, -0.2) is 0 Å². The first kappa shape index (κ1) is 128. The fourth-order valence-corrected chi connectivity index (χ4v) is 0. The molecule has 0 fully saturated rings. The zero-order chi connectivity index (χ0) is 7.41. The molecule has 1 nitrogen and oxygen atoms in total. The molecule has 0 aromatic heterocycles. The lowest BCUT2D eigenvalue weighted by atomic mass is 11.0. The summed E-state index contributed by atoms with van der Waals surface area (Å²) in [5, 5.41) is 0. The topological polar surface area (TPSA) is 4.36 Å². The Morgan fingerprint density at radius 3 is 0.750 bits per heavy atom. The van der Waals surface area contributed by atoms with Gasteiger partial charge in [-0.25, -0.2) is 6.57 Å². The minimum absolute atomic E-state index is 0. The van der Waals surface area contributed by atoms with E-state index in [9.17, 15) is 0 Å². The Kier molecular flexibility index (Phi) is 3820. The predicted octanol–water partition coefficient (Wildman–Crippen LogP) is 8.99. The van der Waals surface area contributed by atoms with Gasteiger partial charge in [-0.2, -0.15) is 0 Å². The van der Waals surface area contributed by atoms with Gasteiger partial charge < -0.3 is 0 Å². The highest BCUT2D eigenvalue weighted by atomic mass is 127. The molecule has 0 aliphatic heterocycles. The molecule has 114 valence electrons.